The van der Waals surface area contributed by atoms with E-state index in [1.165, 1.54) is 0 Å². The minimum Gasteiger partial charge on any atom is -0.497 e. The minimum absolute atomic E-state index is 0. The highest BCUT2D eigenvalue weighted by atomic mass is 35.5. The summed E-state index contributed by atoms with van der Waals surface area (Å²) < 4.78 is 5.09. The van der Waals surface area contributed by atoms with E-state index in [2.05, 4.69) is 10.2 Å². The molecular formula is C11H14ClN3O. The molecule has 2 aromatic rings. The highest BCUT2D eigenvalue weighted by Crippen LogP contribution is 2.23. The molecule has 3 N–H and O–H groups in total. The van der Waals surface area contributed by atoms with Crippen LogP contribution in [0.5, 0.6) is 5.75 Å². The number of nitrogens with zero attached hydrogens (tertiary/aromatic N) is 1. The van der Waals surface area contributed by atoms with Crippen LogP contribution in [-0.4, -0.2) is 17.3 Å². The van der Waals surface area contributed by atoms with E-state index in [4.69, 9.17) is 10.5 Å². The van der Waals surface area contributed by atoms with Crippen LogP contribution in [0.3, 0.4) is 0 Å². The molecule has 0 fully saturated rings. The van der Waals surface area contributed by atoms with Gasteiger partial charge in [-0.2, -0.15) is 5.10 Å². The third kappa shape index (κ3) is 2.35. The number of ether oxygens (including phenoxy) is 1. The second kappa shape index (κ2) is 5.53. The molecule has 2 rings (SSSR count). The fourth-order valence-corrected chi connectivity index (χ4v) is 1.47. The zero-order chi connectivity index (χ0) is 10.7. The number of hydrogen-bond donors (Lipinski definition) is 2. The van der Waals surface area contributed by atoms with Gasteiger partial charge in [-0.25, -0.2) is 0 Å². The van der Waals surface area contributed by atoms with E-state index < -0.39 is 0 Å². The van der Waals surface area contributed by atoms with Crippen molar-refractivity contribution in [1.29, 1.82) is 0 Å². The Kier molecular flexibility index (Phi) is 4.34. The van der Waals surface area contributed by atoms with E-state index in [0.717, 1.165) is 22.6 Å². The van der Waals surface area contributed by atoms with Crippen LogP contribution in [0.4, 0.5) is 0 Å². The summed E-state index contributed by atoms with van der Waals surface area (Å²) in [5.41, 5.74) is 8.65. The van der Waals surface area contributed by atoms with Gasteiger partial charge in [0.25, 0.3) is 0 Å². The topological polar surface area (TPSA) is 63.9 Å². The third-order valence-corrected chi connectivity index (χ3v) is 2.32. The number of halogens is 1. The Morgan fingerprint density at radius 3 is 2.56 bits per heavy atom. The maximum absolute atomic E-state index is 5.60. The standard InChI is InChI=1S/C11H13N3O.ClH/c1-15-10-4-2-8(3-5-10)11-9(6-12)7-13-14-11;/h2-5,7H,6,12H2,1H3,(H,13,14);1H. The van der Waals surface area contributed by atoms with E-state index in [9.17, 15) is 0 Å². The van der Waals surface area contributed by atoms with Gasteiger partial charge in [0.15, 0.2) is 0 Å². The molecule has 0 saturated carbocycles. The van der Waals surface area contributed by atoms with Crippen LogP contribution in [0, 0.1) is 0 Å². The summed E-state index contributed by atoms with van der Waals surface area (Å²) in [6.45, 7) is 0.484. The van der Waals surface area contributed by atoms with Crippen molar-refractivity contribution in [3.8, 4) is 17.0 Å². The molecule has 0 spiro atoms. The van der Waals surface area contributed by atoms with E-state index in [1.807, 2.05) is 24.3 Å². The number of rotatable bonds is 3. The smallest absolute Gasteiger partial charge is 0.118 e. The van der Waals surface area contributed by atoms with Crippen LogP contribution >= 0.6 is 12.4 Å². The lowest BCUT2D eigenvalue weighted by atomic mass is 10.1. The minimum atomic E-state index is 0. The van der Waals surface area contributed by atoms with Gasteiger partial charge >= 0.3 is 0 Å². The molecule has 0 atom stereocenters. The lowest BCUT2D eigenvalue weighted by Gasteiger charge is -2.03. The van der Waals surface area contributed by atoms with E-state index in [0.29, 0.717) is 6.54 Å². The number of hydrogen-bond acceptors (Lipinski definition) is 3. The van der Waals surface area contributed by atoms with Crippen molar-refractivity contribution in [2.45, 2.75) is 6.54 Å². The predicted molar refractivity (Wildman–Crippen MR) is 65.7 cm³/mol. The Hall–Kier alpha value is -1.52. The molecule has 0 bridgehead atoms. The lowest BCUT2D eigenvalue weighted by Crippen LogP contribution is -1.96. The van der Waals surface area contributed by atoms with Crippen LogP contribution in [0.1, 0.15) is 5.56 Å². The molecule has 5 heteroatoms. The number of nitrogens with two attached hydrogens (primary N) is 1. The second-order valence-electron chi connectivity index (χ2n) is 3.20. The first kappa shape index (κ1) is 12.5. The van der Waals surface area contributed by atoms with Gasteiger partial charge in [0.1, 0.15) is 5.75 Å². The summed E-state index contributed by atoms with van der Waals surface area (Å²) in [7, 11) is 1.65. The van der Waals surface area contributed by atoms with Gasteiger partial charge in [0.05, 0.1) is 19.0 Å². The predicted octanol–water partition coefficient (Wildman–Crippen LogP) is 1.97. The number of benzene rings is 1. The SMILES string of the molecule is COc1ccc(-c2[nH]ncc2CN)cc1.Cl. The molecule has 0 radical (unpaired) electrons. The molecule has 1 aromatic heterocycles. The van der Waals surface area contributed by atoms with Gasteiger partial charge in [-0.3, -0.25) is 5.10 Å². The molecule has 0 unspecified atom stereocenters. The van der Waals surface area contributed by atoms with Crippen LogP contribution in [-0.2, 0) is 6.54 Å². The first-order chi connectivity index (χ1) is 7.35. The maximum Gasteiger partial charge on any atom is 0.118 e. The summed E-state index contributed by atoms with van der Waals surface area (Å²) in [5, 5.41) is 6.92. The van der Waals surface area contributed by atoms with E-state index in [1.54, 1.807) is 13.3 Å². The molecule has 4 nitrogen and oxygen atoms in total. The Morgan fingerprint density at radius 1 is 1.31 bits per heavy atom. The Labute approximate surface area is 100 Å². The van der Waals surface area contributed by atoms with Crippen LogP contribution in [0.25, 0.3) is 11.3 Å². The van der Waals surface area contributed by atoms with E-state index in [-0.39, 0.29) is 12.4 Å². The molecule has 86 valence electrons. The summed E-state index contributed by atoms with van der Waals surface area (Å²) in [4.78, 5) is 0. The van der Waals surface area contributed by atoms with Crippen LogP contribution in [0.15, 0.2) is 30.5 Å². The fourth-order valence-electron chi connectivity index (χ4n) is 1.47. The summed E-state index contributed by atoms with van der Waals surface area (Å²) in [6, 6.07) is 7.78. The molecule has 1 heterocycles. The molecular weight excluding hydrogens is 226 g/mol. The first-order valence-corrected chi connectivity index (χ1v) is 4.72. The van der Waals surface area contributed by atoms with Gasteiger partial charge in [-0.1, -0.05) is 0 Å². The Morgan fingerprint density at radius 2 is 2.00 bits per heavy atom. The largest absolute Gasteiger partial charge is 0.497 e. The first-order valence-electron chi connectivity index (χ1n) is 4.72. The van der Waals surface area contributed by atoms with Crippen molar-refractivity contribution in [1.82, 2.24) is 10.2 Å². The van der Waals surface area contributed by atoms with Crippen molar-refractivity contribution >= 4 is 12.4 Å². The van der Waals surface area contributed by atoms with Crippen molar-refractivity contribution in [2.75, 3.05) is 7.11 Å². The monoisotopic (exact) mass is 239 g/mol. The van der Waals surface area contributed by atoms with Crippen molar-refractivity contribution < 1.29 is 4.74 Å². The zero-order valence-electron chi connectivity index (χ0n) is 8.93. The summed E-state index contributed by atoms with van der Waals surface area (Å²) >= 11 is 0. The normalized spacial score (nSPS) is 9.62. The number of nitrogens with one attached hydrogen (secondary N) is 1. The quantitative estimate of drug-likeness (QED) is 0.861. The lowest BCUT2D eigenvalue weighted by molar-refractivity contribution is 0.415. The average molecular weight is 240 g/mol. The summed E-state index contributed by atoms with van der Waals surface area (Å²) in [5.74, 6) is 0.840. The third-order valence-electron chi connectivity index (χ3n) is 2.32. The highest BCUT2D eigenvalue weighted by Gasteiger charge is 2.05. The Balaban J connectivity index is 0.00000128. The van der Waals surface area contributed by atoms with Crippen LogP contribution in [0.2, 0.25) is 0 Å². The number of aromatic amines is 1. The Bertz CT molecular complexity index is 439. The molecule has 0 aliphatic carbocycles. The fraction of sp³-hybridized carbons (Fsp3) is 0.182. The van der Waals surface area contributed by atoms with Crippen molar-refractivity contribution in [3.05, 3.63) is 36.0 Å². The van der Waals surface area contributed by atoms with E-state index >= 15 is 0 Å². The van der Waals surface area contributed by atoms with Gasteiger partial charge in [0.2, 0.25) is 0 Å². The van der Waals surface area contributed by atoms with Crippen molar-refractivity contribution in [3.63, 3.8) is 0 Å². The second-order valence-corrected chi connectivity index (χ2v) is 3.20. The molecule has 0 aliphatic rings. The zero-order valence-corrected chi connectivity index (χ0v) is 9.75. The maximum atomic E-state index is 5.60. The molecule has 0 aliphatic heterocycles. The van der Waals surface area contributed by atoms with Gasteiger partial charge in [0, 0.05) is 17.7 Å². The summed E-state index contributed by atoms with van der Waals surface area (Å²) in [6.07, 6.45) is 1.75. The average Bonchev–Trinajstić information content (AvgIpc) is 2.77. The molecule has 16 heavy (non-hydrogen) atoms. The highest BCUT2D eigenvalue weighted by molar-refractivity contribution is 5.85. The molecule has 0 amide bonds. The molecule has 0 saturated heterocycles. The van der Waals surface area contributed by atoms with Gasteiger partial charge in [-0.05, 0) is 24.3 Å². The van der Waals surface area contributed by atoms with Gasteiger partial charge < -0.3 is 10.5 Å². The van der Waals surface area contributed by atoms with Crippen molar-refractivity contribution in [2.24, 2.45) is 5.73 Å². The number of H-pyrrole nitrogens is 1. The van der Waals surface area contributed by atoms with Crippen LogP contribution < -0.4 is 10.5 Å². The van der Waals surface area contributed by atoms with Gasteiger partial charge in [-0.15, -0.1) is 12.4 Å². The number of methoxy groups -OCH3 is 1. The molecule has 1 aromatic carbocycles. The number of aromatic nitrogens is 2.